The summed E-state index contributed by atoms with van der Waals surface area (Å²) in [6.07, 6.45) is 0.771. The maximum atomic E-state index is 12.0. The summed E-state index contributed by atoms with van der Waals surface area (Å²) in [7, 11) is 1.58. The van der Waals surface area contributed by atoms with Crippen molar-refractivity contribution in [2.75, 3.05) is 13.7 Å². The molecule has 1 amide bonds. The number of amides is 1. The molecule has 20 heavy (non-hydrogen) atoms. The molecule has 0 aliphatic heterocycles. The van der Waals surface area contributed by atoms with Gasteiger partial charge in [-0.25, -0.2) is 0 Å². The highest BCUT2D eigenvalue weighted by Gasteiger charge is 2.05. The maximum Gasteiger partial charge on any atom is 0.251 e. The molecule has 0 saturated heterocycles. The van der Waals surface area contributed by atoms with Crippen molar-refractivity contribution in [2.24, 2.45) is 0 Å². The van der Waals surface area contributed by atoms with E-state index in [2.05, 4.69) is 5.32 Å². The lowest BCUT2D eigenvalue weighted by atomic mass is 10.1. The Morgan fingerprint density at radius 3 is 2.65 bits per heavy atom. The molecule has 104 valence electrons. The van der Waals surface area contributed by atoms with Crippen molar-refractivity contribution in [2.45, 2.75) is 6.42 Å². The Hall–Kier alpha value is -2.00. The van der Waals surface area contributed by atoms with Gasteiger partial charge in [0.05, 0.1) is 7.11 Å². The van der Waals surface area contributed by atoms with E-state index in [9.17, 15) is 4.79 Å². The molecule has 0 heterocycles. The Labute approximate surface area is 123 Å². The molecule has 0 aliphatic carbocycles. The number of ether oxygens (including phenoxy) is 1. The van der Waals surface area contributed by atoms with Gasteiger partial charge in [0.15, 0.2) is 0 Å². The molecule has 0 aliphatic rings. The largest absolute Gasteiger partial charge is 0.497 e. The van der Waals surface area contributed by atoms with Crippen LogP contribution in [0.4, 0.5) is 0 Å². The van der Waals surface area contributed by atoms with E-state index in [1.54, 1.807) is 25.3 Å². The van der Waals surface area contributed by atoms with Gasteiger partial charge in [0.25, 0.3) is 5.91 Å². The topological polar surface area (TPSA) is 38.3 Å². The van der Waals surface area contributed by atoms with Gasteiger partial charge in [-0.15, -0.1) is 0 Å². The fourth-order valence-corrected chi connectivity index (χ4v) is 1.96. The van der Waals surface area contributed by atoms with E-state index in [4.69, 9.17) is 16.3 Å². The average Bonchev–Trinajstić information content (AvgIpc) is 2.49. The SMILES string of the molecule is COc1cccc(C(=O)NCCc2ccc(Cl)cc2)c1. The number of carbonyl (C=O) groups is 1. The Morgan fingerprint density at radius 1 is 1.20 bits per heavy atom. The lowest BCUT2D eigenvalue weighted by molar-refractivity contribution is 0.0954. The molecule has 0 spiro atoms. The minimum absolute atomic E-state index is 0.0992. The molecule has 0 aromatic heterocycles. The third kappa shape index (κ3) is 4.00. The molecular formula is C16H16ClNO2. The molecule has 2 aromatic rings. The van der Waals surface area contributed by atoms with Gasteiger partial charge < -0.3 is 10.1 Å². The zero-order chi connectivity index (χ0) is 14.4. The summed E-state index contributed by atoms with van der Waals surface area (Å²) in [6.45, 7) is 0.581. The number of benzene rings is 2. The normalized spacial score (nSPS) is 10.1. The molecule has 3 nitrogen and oxygen atoms in total. The van der Waals surface area contributed by atoms with E-state index in [0.29, 0.717) is 22.9 Å². The molecule has 4 heteroatoms. The van der Waals surface area contributed by atoms with E-state index in [1.807, 2.05) is 30.3 Å². The quantitative estimate of drug-likeness (QED) is 0.917. The molecule has 0 fully saturated rings. The van der Waals surface area contributed by atoms with Crippen LogP contribution in [0.3, 0.4) is 0 Å². The number of nitrogens with one attached hydrogen (secondary N) is 1. The summed E-state index contributed by atoms with van der Waals surface area (Å²) in [5.41, 5.74) is 1.74. The molecule has 0 saturated carbocycles. The number of halogens is 1. The van der Waals surface area contributed by atoms with E-state index in [-0.39, 0.29) is 5.91 Å². The van der Waals surface area contributed by atoms with Crippen molar-refractivity contribution in [1.29, 1.82) is 0 Å². The summed E-state index contributed by atoms with van der Waals surface area (Å²) in [6, 6.07) is 14.7. The van der Waals surface area contributed by atoms with Crippen LogP contribution in [0.15, 0.2) is 48.5 Å². The first kappa shape index (κ1) is 14.4. The molecule has 0 bridgehead atoms. The van der Waals surface area contributed by atoms with Crippen molar-refractivity contribution in [3.63, 3.8) is 0 Å². The van der Waals surface area contributed by atoms with Gasteiger partial charge in [0.2, 0.25) is 0 Å². The van der Waals surface area contributed by atoms with Crippen molar-refractivity contribution >= 4 is 17.5 Å². The monoisotopic (exact) mass is 289 g/mol. The van der Waals surface area contributed by atoms with Gasteiger partial charge in [-0.05, 0) is 42.3 Å². The van der Waals surface area contributed by atoms with E-state index in [0.717, 1.165) is 12.0 Å². The highest BCUT2D eigenvalue weighted by atomic mass is 35.5. The number of rotatable bonds is 5. The average molecular weight is 290 g/mol. The van der Waals surface area contributed by atoms with Crippen molar-refractivity contribution in [1.82, 2.24) is 5.32 Å². The van der Waals surface area contributed by atoms with Crippen LogP contribution in [0.25, 0.3) is 0 Å². The second-order valence-corrected chi connectivity index (χ2v) is 4.80. The zero-order valence-corrected chi connectivity index (χ0v) is 12.0. The zero-order valence-electron chi connectivity index (χ0n) is 11.2. The fourth-order valence-electron chi connectivity index (χ4n) is 1.84. The minimum atomic E-state index is -0.0992. The number of hydrogen-bond donors (Lipinski definition) is 1. The minimum Gasteiger partial charge on any atom is -0.497 e. The van der Waals surface area contributed by atoms with Crippen LogP contribution in [0, 0.1) is 0 Å². The molecule has 0 atom stereocenters. The first-order valence-corrected chi connectivity index (χ1v) is 6.73. The van der Waals surface area contributed by atoms with Crippen LogP contribution >= 0.6 is 11.6 Å². The smallest absolute Gasteiger partial charge is 0.251 e. The predicted molar refractivity (Wildman–Crippen MR) is 80.5 cm³/mol. The predicted octanol–water partition coefficient (Wildman–Crippen LogP) is 3.32. The lowest BCUT2D eigenvalue weighted by Crippen LogP contribution is -2.25. The highest BCUT2D eigenvalue weighted by molar-refractivity contribution is 6.30. The number of methoxy groups -OCH3 is 1. The van der Waals surface area contributed by atoms with Crippen molar-refractivity contribution in [3.05, 3.63) is 64.7 Å². The summed E-state index contributed by atoms with van der Waals surface area (Å²) in [4.78, 5) is 12.0. The van der Waals surface area contributed by atoms with Gasteiger partial charge in [-0.2, -0.15) is 0 Å². The highest BCUT2D eigenvalue weighted by Crippen LogP contribution is 2.12. The molecule has 1 N–H and O–H groups in total. The molecule has 0 radical (unpaired) electrons. The van der Waals surface area contributed by atoms with Crippen LogP contribution in [0.1, 0.15) is 15.9 Å². The second kappa shape index (κ2) is 6.96. The van der Waals surface area contributed by atoms with Gasteiger partial charge in [0, 0.05) is 17.1 Å². The van der Waals surface area contributed by atoms with Gasteiger partial charge in [-0.1, -0.05) is 29.8 Å². The van der Waals surface area contributed by atoms with E-state index < -0.39 is 0 Å². The van der Waals surface area contributed by atoms with E-state index in [1.165, 1.54) is 0 Å². The molecular weight excluding hydrogens is 274 g/mol. The Balaban J connectivity index is 1.87. The first-order chi connectivity index (χ1) is 9.69. The molecule has 2 aromatic carbocycles. The third-order valence-electron chi connectivity index (χ3n) is 2.94. The Bertz CT molecular complexity index is 581. The van der Waals surface area contributed by atoms with Crippen LogP contribution in [0.2, 0.25) is 5.02 Å². The summed E-state index contributed by atoms with van der Waals surface area (Å²) in [5.74, 6) is 0.577. The lowest BCUT2D eigenvalue weighted by Gasteiger charge is -2.07. The summed E-state index contributed by atoms with van der Waals surface area (Å²) >= 11 is 5.82. The van der Waals surface area contributed by atoms with Crippen LogP contribution in [-0.4, -0.2) is 19.6 Å². The van der Waals surface area contributed by atoms with Crippen LogP contribution in [-0.2, 0) is 6.42 Å². The number of carbonyl (C=O) groups excluding carboxylic acids is 1. The van der Waals surface area contributed by atoms with Crippen molar-refractivity contribution in [3.8, 4) is 5.75 Å². The van der Waals surface area contributed by atoms with Gasteiger partial charge >= 0.3 is 0 Å². The fraction of sp³-hybridized carbons (Fsp3) is 0.188. The first-order valence-electron chi connectivity index (χ1n) is 6.36. The van der Waals surface area contributed by atoms with E-state index >= 15 is 0 Å². The standard InChI is InChI=1S/C16H16ClNO2/c1-20-15-4-2-3-13(11-15)16(19)18-10-9-12-5-7-14(17)8-6-12/h2-8,11H,9-10H2,1H3,(H,18,19). The number of hydrogen-bond acceptors (Lipinski definition) is 2. The van der Waals surface area contributed by atoms with Crippen LogP contribution < -0.4 is 10.1 Å². The summed E-state index contributed by atoms with van der Waals surface area (Å²) < 4.78 is 5.10. The van der Waals surface area contributed by atoms with Crippen molar-refractivity contribution < 1.29 is 9.53 Å². The van der Waals surface area contributed by atoms with Gasteiger partial charge in [-0.3, -0.25) is 4.79 Å². The summed E-state index contributed by atoms with van der Waals surface area (Å²) in [5, 5.41) is 3.60. The Morgan fingerprint density at radius 2 is 1.95 bits per heavy atom. The molecule has 0 unspecified atom stereocenters. The van der Waals surface area contributed by atoms with Crippen LogP contribution in [0.5, 0.6) is 5.75 Å². The second-order valence-electron chi connectivity index (χ2n) is 4.36. The Kier molecular flexibility index (Phi) is 5.02. The third-order valence-corrected chi connectivity index (χ3v) is 3.20. The molecule has 2 rings (SSSR count). The van der Waals surface area contributed by atoms with Gasteiger partial charge in [0.1, 0.15) is 5.75 Å². The maximum absolute atomic E-state index is 12.0.